The zero-order valence-corrected chi connectivity index (χ0v) is 12.5. The highest BCUT2D eigenvalue weighted by Crippen LogP contribution is 2.35. The van der Waals surface area contributed by atoms with Crippen molar-refractivity contribution in [1.29, 1.82) is 0 Å². The van der Waals surface area contributed by atoms with E-state index in [1.165, 1.54) is 18.7 Å². The van der Waals surface area contributed by atoms with Crippen LogP contribution >= 0.6 is 11.3 Å². The van der Waals surface area contributed by atoms with Crippen molar-refractivity contribution in [3.8, 4) is 11.5 Å². The summed E-state index contributed by atoms with van der Waals surface area (Å²) in [6.45, 7) is 2.08. The van der Waals surface area contributed by atoms with Gasteiger partial charge in [-0.2, -0.15) is 0 Å². The summed E-state index contributed by atoms with van der Waals surface area (Å²) in [5.41, 5.74) is 0.899. The fourth-order valence-corrected chi connectivity index (χ4v) is 2.14. The molecule has 0 saturated carbocycles. The van der Waals surface area contributed by atoms with Crippen molar-refractivity contribution >= 4 is 28.1 Å². The van der Waals surface area contributed by atoms with Gasteiger partial charge in [0.2, 0.25) is 5.13 Å². The molecule has 0 saturated heterocycles. The third kappa shape index (κ3) is 3.28. The van der Waals surface area contributed by atoms with Crippen LogP contribution in [0.2, 0.25) is 0 Å². The Balaban J connectivity index is 2.44. The summed E-state index contributed by atoms with van der Waals surface area (Å²) >= 11 is 1.10. The largest absolute Gasteiger partial charge is 0.493 e. The van der Waals surface area contributed by atoms with E-state index in [0.717, 1.165) is 17.4 Å². The molecule has 1 aromatic heterocycles. The van der Waals surface area contributed by atoms with Crippen molar-refractivity contribution in [1.82, 2.24) is 10.2 Å². The lowest BCUT2D eigenvalue weighted by Crippen LogP contribution is -2.14. The highest BCUT2D eigenvalue weighted by molar-refractivity contribution is 7.13. The summed E-state index contributed by atoms with van der Waals surface area (Å²) in [5, 5.41) is 21.1. The van der Waals surface area contributed by atoms with Crippen LogP contribution in [0, 0.1) is 10.1 Å². The van der Waals surface area contributed by atoms with Gasteiger partial charge >= 0.3 is 0 Å². The van der Waals surface area contributed by atoms with Crippen molar-refractivity contribution in [3.05, 3.63) is 33.3 Å². The van der Waals surface area contributed by atoms with Crippen molar-refractivity contribution in [2.75, 3.05) is 19.0 Å². The third-order valence-electron chi connectivity index (χ3n) is 2.60. The summed E-state index contributed by atoms with van der Waals surface area (Å²) in [4.78, 5) is 22.7. The highest BCUT2D eigenvalue weighted by atomic mass is 32.1. The number of nitrogens with one attached hydrogen (secondary N) is 1. The Bertz CT molecular complexity index is 689. The monoisotopic (exact) mass is 324 g/mol. The first kappa shape index (κ1) is 15.6. The number of amides is 1. The molecular formula is C12H12N4O5S. The Morgan fingerprint density at radius 2 is 2.23 bits per heavy atom. The lowest BCUT2D eigenvalue weighted by molar-refractivity contribution is -0.385. The maximum Gasteiger partial charge on any atom is 0.286 e. The molecule has 2 rings (SSSR count). The van der Waals surface area contributed by atoms with Crippen LogP contribution in [0.5, 0.6) is 11.5 Å². The minimum absolute atomic E-state index is 0.149. The van der Waals surface area contributed by atoms with E-state index in [0.29, 0.717) is 6.61 Å². The lowest BCUT2D eigenvalue weighted by atomic mass is 10.1. The zero-order chi connectivity index (χ0) is 16.1. The molecule has 0 fully saturated rings. The Morgan fingerprint density at radius 1 is 1.45 bits per heavy atom. The average molecular weight is 324 g/mol. The number of hydrogen-bond acceptors (Lipinski definition) is 8. The number of nitro groups is 1. The molecule has 10 heteroatoms. The molecular weight excluding hydrogens is 312 g/mol. The SMILES string of the molecule is CCOc1cc(C(=O)Nc2nncs2)c([N+](=O)[O-])cc1OC. The normalized spacial score (nSPS) is 10.1. The number of hydrogen-bond donors (Lipinski definition) is 1. The van der Waals surface area contributed by atoms with Crippen LogP contribution in [0.3, 0.4) is 0 Å². The van der Waals surface area contributed by atoms with Crippen LogP contribution in [-0.4, -0.2) is 34.7 Å². The number of benzene rings is 1. The second-order valence-electron chi connectivity index (χ2n) is 3.91. The number of rotatable bonds is 6. The first-order valence-corrected chi connectivity index (χ1v) is 7.01. The van der Waals surface area contributed by atoms with Gasteiger partial charge in [-0.3, -0.25) is 20.2 Å². The fraction of sp³-hybridized carbons (Fsp3) is 0.250. The number of carbonyl (C=O) groups excluding carboxylic acids is 1. The Hall–Kier alpha value is -2.75. The highest BCUT2D eigenvalue weighted by Gasteiger charge is 2.25. The third-order valence-corrected chi connectivity index (χ3v) is 3.21. The maximum absolute atomic E-state index is 12.2. The number of aromatic nitrogens is 2. The standard InChI is InChI=1S/C12H12N4O5S/c1-3-21-10-4-7(8(16(18)19)5-9(10)20-2)11(17)14-12-15-13-6-22-12/h4-6H,3H2,1-2H3,(H,14,15,17). The smallest absolute Gasteiger partial charge is 0.286 e. The fourth-order valence-electron chi connectivity index (χ4n) is 1.70. The van der Waals surface area contributed by atoms with Gasteiger partial charge in [0.15, 0.2) is 11.5 Å². The quantitative estimate of drug-likeness (QED) is 0.638. The van der Waals surface area contributed by atoms with E-state index in [4.69, 9.17) is 9.47 Å². The molecule has 0 bridgehead atoms. The molecule has 0 aliphatic carbocycles. The molecule has 0 spiro atoms. The molecule has 0 radical (unpaired) electrons. The van der Waals surface area contributed by atoms with Crippen LogP contribution in [0.1, 0.15) is 17.3 Å². The number of anilines is 1. The maximum atomic E-state index is 12.2. The first-order chi connectivity index (χ1) is 10.6. The number of methoxy groups -OCH3 is 1. The summed E-state index contributed by atoms with van der Waals surface area (Å²) in [6.07, 6.45) is 0. The summed E-state index contributed by atoms with van der Waals surface area (Å²) in [6, 6.07) is 2.43. The first-order valence-electron chi connectivity index (χ1n) is 6.13. The summed E-state index contributed by atoms with van der Waals surface area (Å²) < 4.78 is 10.4. The van der Waals surface area contributed by atoms with Crippen molar-refractivity contribution in [2.45, 2.75) is 6.92 Å². The minimum Gasteiger partial charge on any atom is -0.493 e. The lowest BCUT2D eigenvalue weighted by Gasteiger charge is -2.11. The van der Waals surface area contributed by atoms with Gasteiger partial charge in [-0.1, -0.05) is 11.3 Å². The molecule has 116 valence electrons. The van der Waals surface area contributed by atoms with E-state index < -0.39 is 10.8 Å². The van der Waals surface area contributed by atoms with Gasteiger partial charge in [-0.25, -0.2) is 0 Å². The van der Waals surface area contributed by atoms with Gasteiger partial charge < -0.3 is 9.47 Å². The van der Waals surface area contributed by atoms with Gasteiger partial charge in [0.1, 0.15) is 11.1 Å². The van der Waals surface area contributed by atoms with Crippen LogP contribution in [-0.2, 0) is 0 Å². The van der Waals surface area contributed by atoms with Gasteiger partial charge in [-0.05, 0) is 6.92 Å². The van der Waals surface area contributed by atoms with Crippen molar-refractivity contribution < 1.29 is 19.2 Å². The second kappa shape index (κ2) is 6.80. The zero-order valence-electron chi connectivity index (χ0n) is 11.7. The molecule has 1 aromatic carbocycles. The number of ether oxygens (including phenoxy) is 2. The molecule has 0 atom stereocenters. The van der Waals surface area contributed by atoms with E-state index in [9.17, 15) is 14.9 Å². The Labute approximate surface area is 129 Å². The molecule has 0 unspecified atom stereocenters. The predicted octanol–water partition coefficient (Wildman–Crippen LogP) is 2.11. The van der Waals surface area contributed by atoms with Crippen LogP contribution in [0.15, 0.2) is 17.6 Å². The van der Waals surface area contributed by atoms with Crippen molar-refractivity contribution in [2.24, 2.45) is 0 Å². The molecule has 1 heterocycles. The minimum atomic E-state index is -0.674. The molecule has 1 N–H and O–H groups in total. The van der Waals surface area contributed by atoms with E-state index in [-0.39, 0.29) is 27.9 Å². The van der Waals surface area contributed by atoms with E-state index in [1.54, 1.807) is 6.92 Å². The molecule has 1 amide bonds. The van der Waals surface area contributed by atoms with Gasteiger partial charge in [-0.15, -0.1) is 10.2 Å². The number of carbonyl (C=O) groups is 1. The van der Waals surface area contributed by atoms with Gasteiger partial charge in [0.05, 0.1) is 24.7 Å². The number of nitro benzene ring substituents is 1. The molecule has 22 heavy (non-hydrogen) atoms. The van der Waals surface area contributed by atoms with Crippen molar-refractivity contribution in [3.63, 3.8) is 0 Å². The molecule has 9 nitrogen and oxygen atoms in total. The van der Waals surface area contributed by atoms with Gasteiger partial charge in [0.25, 0.3) is 11.6 Å². The number of nitrogens with zero attached hydrogens (tertiary/aromatic N) is 3. The summed E-state index contributed by atoms with van der Waals surface area (Å²) in [5.74, 6) is -0.244. The van der Waals surface area contributed by atoms with Gasteiger partial charge in [0, 0.05) is 6.07 Å². The Morgan fingerprint density at radius 3 is 2.77 bits per heavy atom. The molecule has 2 aromatic rings. The van der Waals surface area contributed by atoms with E-state index >= 15 is 0 Å². The van der Waals surface area contributed by atoms with Crippen LogP contribution in [0.4, 0.5) is 10.8 Å². The topological polar surface area (TPSA) is 116 Å². The average Bonchev–Trinajstić information content (AvgIpc) is 2.99. The molecule has 0 aliphatic heterocycles. The van der Waals surface area contributed by atoms with E-state index in [1.807, 2.05) is 0 Å². The predicted molar refractivity (Wildman–Crippen MR) is 78.7 cm³/mol. The second-order valence-corrected chi connectivity index (χ2v) is 4.74. The van der Waals surface area contributed by atoms with Crippen LogP contribution in [0.25, 0.3) is 0 Å². The molecule has 0 aliphatic rings. The van der Waals surface area contributed by atoms with E-state index in [2.05, 4.69) is 15.5 Å². The Kier molecular flexibility index (Phi) is 4.84. The van der Waals surface area contributed by atoms with Crippen LogP contribution < -0.4 is 14.8 Å². The summed E-state index contributed by atoms with van der Waals surface area (Å²) in [7, 11) is 1.36.